The van der Waals surface area contributed by atoms with Crippen LogP contribution < -0.4 is 20.1 Å². The van der Waals surface area contributed by atoms with Gasteiger partial charge in [-0.2, -0.15) is 4.52 Å². The van der Waals surface area contributed by atoms with Crippen LogP contribution in [0.1, 0.15) is 17.8 Å². The first kappa shape index (κ1) is 22.0. The van der Waals surface area contributed by atoms with Crippen molar-refractivity contribution in [3.05, 3.63) is 71.8 Å². The molecule has 9 nitrogen and oxygen atoms in total. The molecule has 0 radical (unpaired) electrons. The van der Waals surface area contributed by atoms with Crippen molar-refractivity contribution in [3.8, 4) is 11.5 Å². The van der Waals surface area contributed by atoms with Crippen molar-refractivity contribution in [2.45, 2.75) is 19.4 Å². The minimum absolute atomic E-state index is 0.176. The van der Waals surface area contributed by atoms with Gasteiger partial charge in [0.15, 0.2) is 23.0 Å². The van der Waals surface area contributed by atoms with E-state index in [0.29, 0.717) is 47.4 Å². The van der Waals surface area contributed by atoms with Gasteiger partial charge in [-0.15, -0.1) is 15.3 Å². The highest BCUT2D eigenvalue weighted by molar-refractivity contribution is 5.91. The number of amides is 1. The number of ether oxygens (including phenoxy) is 2. The maximum absolute atomic E-state index is 13.1. The predicted octanol–water partition coefficient (Wildman–Crippen LogP) is 3.46. The van der Waals surface area contributed by atoms with E-state index < -0.39 is 0 Å². The molecule has 2 heterocycles. The summed E-state index contributed by atoms with van der Waals surface area (Å²) in [7, 11) is 3.09. The fraction of sp³-hybridized carbons (Fsp3) is 0.217. The van der Waals surface area contributed by atoms with Gasteiger partial charge >= 0.3 is 0 Å². The number of nitrogens with zero attached hydrogens (tertiary/aromatic N) is 4. The third kappa shape index (κ3) is 5.35. The fourth-order valence-electron chi connectivity index (χ4n) is 3.24. The van der Waals surface area contributed by atoms with E-state index in [9.17, 15) is 9.18 Å². The predicted molar refractivity (Wildman–Crippen MR) is 121 cm³/mol. The maximum Gasteiger partial charge on any atom is 0.224 e. The van der Waals surface area contributed by atoms with E-state index in [4.69, 9.17) is 9.47 Å². The molecule has 170 valence electrons. The molecule has 4 aromatic rings. The van der Waals surface area contributed by atoms with Crippen LogP contribution in [0, 0.1) is 5.82 Å². The van der Waals surface area contributed by atoms with Crippen LogP contribution in [0.25, 0.3) is 5.65 Å². The number of halogens is 1. The van der Waals surface area contributed by atoms with Gasteiger partial charge in [0.1, 0.15) is 11.6 Å². The van der Waals surface area contributed by atoms with Crippen LogP contribution in [0.3, 0.4) is 0 Å². The fourth-order valence-corrected chi connectivity index (χ4v) is 3.24. The quantitative estimate of drug-likeness (QED) is 0.403. The van der Waals surface area contributed by atoms with Crippen molar-refractivity contribution < 1.29 is 18.7 Å². The van der Waals surface area contributed by atoms with Crippen LogP contribution in [0.5, 0.6) is 11.5 Å². The van der Waals surface area contributed by atoms with Crippen molar-refractivity contribution in [1.82, 2.24) is 19.8 Å². The van der Waals surface area contributed by atoms with E-state index in [0.717, 1.165) is 5.56 Å². The van der Waals surface area contributed by atoms with Crippen LogP contribution in [-0.4, -0.2) is 39.9 Å². The molecule has 0 saturated carbocycles. The molecule has 33 heavy (non-hydrogen) atoms. The number of aromatic nitrogens is 4. The summed E-state index contributed by atoms with van der Waals surface area (Å²) in [6.07, 6.45) is 0.554. The molecule has 0 atom stereocenters. The Labute approximate surface area is 189 Å². The van der Waals surface area contributed by atoms with Crippen LogP contribution in [0.2, 0.25) is 0 Å². The molecule has 0 unspecified atom stereocenters. The molecule has 0 aliphatic heterocycles. The summed E-state index contributed by atoms with van der Waals surface area (Å²) in [4.78, 5) is 12.4. The lowest BCUT2D eigenvalue weighted by atomic mass is 10.2. The minimum atomic E-state index is -0.275. The normalized spacial score (nSPS) is 10.8. The number of anilines is 2. The maximum atomic E-state index is 13.1. The Morgan fingerprint density at radius 3 is 2.55 bits per heavy atom. The second-order valence-electron chi connectivity index (χ2n) is 7.20. The summed E-state index contributed by atoms with van der Waals surface area (Å²) < 4.78 is 25.1. The minimum Gasteiger partial charge on any atom is -0.493 e. The van der Waals surface area contributed by atoms with Crippen molar-refractivity contribution in [2.24, 2.45) is 0 Å². The average molecular weight is 450 g/mol. The van der Waals surface area contributed by atoms with E-state index in [2.05, 4.69) is 25.9 Å². The molecule has 0 spiro atoms. The van der Waals surface area contributed by atoms with Crippen molar-refractivity contribution in [2.75, 3.05) is 24.9 Å². The number of hydrogen-bond acceptors (Lipinski definition) is 7. The molecule has 0 fully saturated rings. The smallest absolute Gasteiger partial charge is 0.224 e. The number of rotatable bonds is 9. The zero-order valence-electron chi connectivity index (χ0n) is 18.2. The number of nitrogens with one attached hydrogen (secondary N) is 2. The molecule has 0 aliphatic carbocycles. The highest BCUT2D eigenvalue weighted by atomic mass is 19.1. The number of hydrogen-bond donors (Lipinski definition) is 2. The lowest BCUT2D eigenvalue weighted by Gasteiger charge is -2.10. The summed E-state index contributed by atoms with van der Waals surface area (Å²) in [5, 5.41) is 18.8. The molecule has 1 amide bonds. The number of benzene rings is 2. The lowest BCUT2D eigenvalue weighted by Crippen LogP contribution is -2.14. The molecule has 2 aromatic carbocycles. The van der Waals surface area contributed by atoms with Gasteiger partial charge in [0.05, 0.1) is 14.2 Å². The number of methoxy groups -OCH3 is 2. The van der Waals surface area contributed by atoms with E-state index >= 15 is 0 Å². The number of carbonyl (C=O) groups is 1. The van der Waals surface area contributed by atoms with Crippen LogP contribution in [0.15, 0.2) is 54.6 Å². The number of aryl methyl sites for hydroxylation is 1. The molecule has 10 heteroatoms. The highest BCUT2D eigenvalue weighted by Gasteiger charge is 2.12. The molecule has 0 bridgehead atoms. The molecule has 0 aliphatic rings. The topological polar surface area (TPSA) is 103 Å². The van der Waals surface area contributed by atoms with Crippen LogP contribution >= 0.6 is 0 Å². The summed E-state index contributed by atoms with van der Waals surface area (Å²) in [6, 6.07) is 15.0. The second kappa shape index (κ2) is 9.94. The van der Waals surface area contributed by atoms with Gasteiger partial charge in [0.25, 0.3) is 0 Å². The van der Waals surface area contributed by atoms with Gasteiger partial charge in [0, 0.05) is 31.1 Å². The zero-order valence-corrected chi connectivity index (χ0v) is 18.2. The number of fused-ring (bicyclic) bond motifs is 1. The molecule has 4 rings (SSSR count). The summed E-state index contributed by atoms with van der Waals surface area (Å²) in [6.45, 7) is 0.490. The Balaban J connectivity index is 1.38. The summed E-state index contributed by atoms with van der Waals surface area (Å²) >= 11 is 0. The third-order valence-electron chi connectivity index (χ3n) is 4.96. The lowest BCUT2D eigenvalue weighted by molar-refractivity contribution is -0.116. The average Bonchev–Trinajstić information content (AvgIpc) is 3.24. The van der Waals surface area contributed by atoms with E-state index in [1.165, 1.54) is 19.2 Å². The highest BCUT2D eigenvalue weighted by Crippen LogP contribution is 2.29. The molecular weight excluding hydrogens is 427 g/mol. The SMILES string of the molecule is COc1ccc(NC(=O)CCc2nnc3ccc(NCc4ccc(F)cc4)nn23)cc1OC. The van der Waals surface area contributed by atoms with Crippen LogP contribution in [-0.2, 0) is 17.8 Å². The Hall–Kier alpha value is -4.21. The largest absolute Gasteiger partial charge is 0.493 e. The van der Waals surface area contributed by atoms with Gasteiger partial charge in [-0.25, -0.2) is 4.39 Å². The van der Waals surface area contributed by atoms with Crippen molar-refractivity contribution in [3.63, 3.8) is 0 Å². The Morgan fingerprint density at radius 1 is 1.00 bits per heavy atom. The van der Waals surface area contributed by atoms with E-state index in [-0.39, 0.29) is 18.1 Å². The van der Waals surface area contributed by atoms with Gasteiger partial charge in [-0.3, -0.25) is 4.79 Å². The summed E-state index contributed by atoms with van der Waals surface area (Å²) in [5.74, 6) is 1.84. The Morgan fingerprint density at radius 2 is 1.79 bits per heavy atom. The molecule has 2 aromatic heterocycles. The van der Waals surface area contributed by atoms with Gasteiger partial charge < -0.3 is 20.1 Å². The Kier molecular flexibility index (Phi) is 6.63. The van der Waals surface area contributed by atoms with E-state index in [1.807, 2.05) is 0 Å². The third-order valence-corrected chi connectivity index (χ3v) is 4.96. The first-order valence-electron chi connectivity index (χ1n) is 10.3. The second-order valence-corrected chi connectivity index (χ2v) is 7.20. The standard InChI is InChI=1S/C23H23FN6O3/c1-32-18-8-7-17(13-19(18)33-2)26-23(31)12-11-22-28-27-21-10-9-20(29-30(21)22)25-14-15-3-5-16(24)6-4-15/h3-10,13H,11-12,14H2,1-2H3,(H,25,29)(H,26,31). The zero-order chi connectivity index (χ0) is 23.2. The van der Waals surface area contributed by atoms with Gasteiger partial charge in [-0.05, 0) is 42.0 Å². The van der Waals surface area contributed by atoms with E-state index in [1.54, 1.807) is 54.1 Å². The number of carbonyl (C=O) groups excluding carboxylic acids is 1. The van der Waals surface area contributed by atoms with Crippen molar-refractivity contribution >= 4 is 23.1 Å². The van der Waals surface area contributed by atoms with Gasteiger partial charge in [-0.1, -0.05) is 12.1 Å². The van der Waals surface area contributed by atoms with Crippen LogP contribution in [0.4, 0.5) is 15.9 Å². The molecule has 0 saturated heterocycles. The molecular formula is C23H23FN6O3. The Bertz CT molecular complexity index is 1260. The van der Waals surface area contributed by atoms with Gasteiger partial charge in [0.2, 0.25) is 5.91 Å². The molecule has 2 N–H and O–H groups in total. The summed E-state index contributed by atoms with van der Waals surface area (Å²) in [5.41, 5.74) is 2.11. The first-order chi connectivity index (χ1) is 16.1. The monoisotopic (exact) mass is 450 g/mol. The first-order valence-corrected chi connectivity index (χ1v) is 10.3. The van der Waals surface area contributed by atoms with Crippen molar-refractivity contribution in [1.29, 1.82) is 0 Å².